The van der Waals surface area contributed by atoms with Crippen molar-refractivity contribution in [2.24, 2.45) is 0 Å². The summed E-state index contributed by atoms with van der Waals surface area (Å²) in [7, 11) is 0. The number of benzene rings is 1. The van der Waals surface area contributed by atoms with Crippen LogP contribution in [0.1, 0.15) is 30.8 Å². The van der Waals surface area contributed by atoms with Crippen LogP contribution in [0.4, 0.5) is 5.69 Å². The monoisotopic (exact) mass is 348 g/mol. The summed E-state index contributed by atoms with van der Waals surface area (Å²) in [6, 6.07) is 7.26. The number of aryl methyl sites for hydroxylation is 1. The fourth-order valence-corrected chi connectivity index (χ4v) is 2.58. The molecule has 0 aliphatic heterocycles. The van der Waals surface area contributed by atoms with Crippen molar-refractivity contribution < 1.29 is 4.92 Å². The van der Waals surface area contributed by atoms with Gasteiger partial charge in [0.05, 0.1) is 16.2 Å². The lowest BCUT2D eigenvalue weighted by Crippen LogP contribution is -2.05. The predicted molar refractivity (Wildman–Crippen MR) is 81.4 cm³/mol. The molecule has 6 nitrogen and oxygen atoms in total. The Hall–Kier alpha value is -2.20. The molecule has 0 saturated heterocycles. The molecule has 0 unspecified atom stereocenters. The third-order valence-corrected chi connectivity index (χ3v) is 3.68. The number of hydrogen-bond donors (Lipinski definition) is 0. The van der Waals surface area contributed by atoms with Crippen molar-refractivity contribution in [2.45, 2.75) is 26.7 Å². The van der Waals surface area contributed by atoms with Gasteiger partial charge in [-0.15, -0.1) is 0 Å². The van der Waals surface area contributed by atoms with E-state index in [0.717, 1.165) is 4.47 Å². The molecule has 0 fully saturated rings. The van der Waals surface area contributed by atoms with E-state index in [2.05, 4.69) is 27.1 Å². The summed E-state index contributed by atoms with van der Waals surface area (Å²) < 4.78 is 2.30. The van der Waals surface area contributed by atoms with Gasteiger partial charge in [-0.3, -0.25) is 10.1 Å². The molecule has 0 aliphatic rings. The first-order valence-electron chi connectivity index (χ1n) is 6.48. The largest absolute Gasteiger partial charge is 0.313 e. The summed E-state index contributed by atoms with van der Waals surface area (Å²) in [6.07, 6.45) is 0.924. The minimum Gasteiger partial charge on any atom is -0.258 e. The molecular formula is C14H13BrN4O2. The molecule has 1 aromatic carbocycles. The van der Waals surface area contributed by atoms with Crippen molar-refractivity contribution >= 4 is 21.6 Å². The van der Waals surface area contributed by atoms with Gasteiger partial charge in [-0.05, 0) is 31.0 Å². The fourth-order valence-electron chi connectivity index (χ4n) is 2.24. The van der Waals surface area contributed by atoms with Gasteiger partial charge in [0.25, 0.3) is 0 Å². The van der Waals surface area contributed by atoms with E-state index in [1.54, 1.807) is 18.2 Å². The lowest BCUT2D eigenvalue weighted by molar-refractivity contribution is -0.386. The van der Waals surface area contributed by atoms with Gasteiger partial charge in [-0.25, -0.2) is 4.68 Å². The average molecular weight is 349 g/mol. The number of hydrogen-bond acceptors (Lipinski definition) is 4. The quantitative estimate of drug-likeness (QED) is 0.624. The van der Waals surface area contributed by atoms with E-state index in [-0.39, 0.29) is 5.69 Å². The maximum atomic E-state index is 11.3. The Labute approximate surface area is 130 Å². The molecule has 1 aromatic heterocycles. The SMILES string of the molecule is CCc1nn(-c2cc(Br)ccc2C#N)c(CC)c1[N+](=O)[O-]. The summed E-state index contributed by atoms with van der Waals surface area (Å²) in [5.41, 5.74) is 1.95. The molecule has 0 bridgehead atoms. The molecule has 2 rings (SSSR count). The van der Waals surface area contributed by atoms with Gasteiger partial charge in [0.15, 0.2) is 0 Å². The lowest BCUT2D eigenvalue weighted by atomic mass is 10.1. The van der Waals surface area contributed by atoms with E-state index < -0.39 is 4.92 Å². The maximum absolute atomic E-state index is 11.3. The normalized spacial score (nSPS) is 10.4. The molecule has 0 saturated carbocycles. The van der Waals surface area contributed by atoms with Crippen molar-refractivity contribution in [1.82, 2.24) is 9.78 Å². The van der Waals surface area contributed by atoms with Crippen LogP contribution in [0.3, 0.4) is 0 Å². The van der Waals surface area contributed by atoms with Crippen molar-refractivity contribution in [3.05, 3.63) is 49.7 Å². The molecule has 0 N–H and O–H groups in total. The zero-order chi connectivity index (χ0) is 15.6. The second-order valence-electron chi connectivity index (χ2n) is 4.39. The molecule has 21 heavy (non-hydrogen) atoms. The molecular weight excluding hydrogens is 336 g/mol. The summed E-state index contributed by atoms with van der Waals surface area (Å²) in [6.45, 7) is 3.66. The molecule has 0 radical (unpaired) electrons. The van der Waals surface area contributed by atoms with Crippen LogP contribution in [0.15, 0.2) is 22.7 Å². The van der Waals surface area contributed by atoms with Crippen LogP contribution < -0.4 is 0 Å². The van der Waals surface area contributed by atoms with Gasteiger partial charge in [0.1, 0.15) is 17.5 Å². The van der Waals surface area contributed by atoms with E-state index in [1.807, 2.05) is 13.8 Å². The Morgan fingerprint density at radius 1 is 1.43 bits per heavy atom. The van der Waals surface area contributed by atoms with Gasteiger partial charge in [-0.1, -0.05) is 29.8 Å². The standard InChI is InChI=1S/C14H13BrN4O2/c1-3-11-14(19(20)21)12(4-2)18(17-11)13-7-10(15)6-5-9(13)8-16/h5-7H,3-4H2,1-2H3. The number of nitrogens with zero attached hydrogens (tertiary/aromatic N) is 4. The van der Waals surface area contributed by atoms with E-state index in [1.165, 1.54) is 4.68 Å². The average Bonchev–Trinajstić information content (AvgIpc) is 2.85. The number of nitro groups is 1. The Balaban J connectivity index is 2.79. The van der Waals surface area contributed by atoms with Gasteiger partial charge in [-0.2, -0.15) is 10.4 Å². The number of nitriles is 1. The van der Waals surface area contributed by atoms with Crippen molar-refractivity contribution in [1.29, 1.82) is 5.26 Å². The third kappa shape index (κ3) is 2.67. The summed E-state index contributed by atoms with van der Waals surface area (Å²) in [5.74, 6) is 0. The third-order valence-electron chi connectivity index (χ3n) is 3.18. The molecule has 0 spiro atoms. The molecule has 7 heteroatoms. The van der Waals surface area contributed by atoms with E-state index in [0.29, 0.717) is 35.5 Å². The van der Waals surface area contributed by atoms with Crippen molar-refractivity contribution in [3.8, 4) is 11.8 Å². The highest BCUT2D eigenvalue weighted by atomic mass is 79.9. The van der Waals surface area contributed by atoms with E-state index in [9.17, 15) is 15.4 Å². The van der Waals surface area contributed by atoms with Crippen LogP contribution in [0.5, 0.6) is 0 Å². The first kappa shape index (κ1) is 15.2. The van der Waals surface area contributed by atoms with Gasteiger partial charge in [0, 0.05) is 4.47 Å². The smallest absolute Gasteiger partial charge is 0.258 e. The molecule has 0 atom stereocenters. The molecule has 2 aromatic rings. The Bertz CT molecular complexity index is 746. The first-order chi connectivity index (χ1) is 10.0. The number of halogens is 1. The van der Waals surface area contributed by atoms with Crippen LogP contribution in [-0.4, -0.2) is 14.7 Å². The summed E-state index contributed by atoms with van der Waals surface area (Å²) >= 11 is 3.36. The molecule has 1 heterocycles. The van der Waals surface area contributed by atoms with Crippen molar-refractivity contribution in [3.63, 3.8) is 0 Å². The van der Waals surface area contributed by atoms with E-state index in [4.69, 9.17) is 0 Å². The highest BCUT2D eigenvalue weighted by Gasteiger charge is 2.26. The van der Waals surface area contributed by atoms with Gasteiger partial charge in [0.2, 0.25) is 0 Å². The van der Waals surface area contributed by atoms with Crippen LogP contribution in [0.25, 0.3) is 5.69 Å². The first-order valence-corrected chi connectivity index (χ1v) is 7.27. The zero-order valence-corrected chi connectivity index (χ0v) is 13.2. The van der Waals surface area contributed by atoms with Gasteiger partial charge >= 0.3 is 5.69 Å². The van der Waals surface area contributed by atoms with Crippen molar-refractivity contribution in [2.75, 3.05) is 0 Å². The Morgan fingerprint density at radius 3 is 2.67 bits per heavy atom. The van der Waals surface area contributed by atoms with Crippen LogP contribution in [-0.2, 0) is 12.8 Å². The van der Waals surface area contributed by atoms with Crippen LogP contribution >= 0.6 is 15.9 Å². The Kier molecular flexibility index (Phi) is 4.38. The molecule has 0 amide bonds. The minimum atomic E-state index is -0.398. The molecule has 108 valence electrons. The number of rotatable bonds is 4. The summed E-state index contributed by atoms with van der Waals surface area (Å²) in [5, 5.41) is 24.9. The predicted octanol–water partition coefficient (Wildman–Crippen LogP) is 3.54. The molecule has 0 aliphatic carbocycles. The lowest BCUT2D eigenvalue weighted by Gasteiger charge is -2.07. The zero-order valence-electron chi connectivity index (χ0n) is 11.6. The fraction of sp³-hybridized carbons (Fsp3) is 0.286. The Morgan fingerprint density at radius 2 is 2.14 bits per heavy atom. The summed E-state index contributed by atoms with van der Waals surface area (Å²) in [4.78, 5) is 10.9. The second-order valence-corrected chi connectivity index (χ2v) is 5.31. The number of aromatic nitrogens is 2. The van der Waals surface area contributed by atoms with E-state index >= 15 is 0 Å². The maximum Gasteiger partial charge on any atom is 0.313 e. The van der Waals surface area contributed by atoms with Crippen LogP contribution in [0, 0.1) is 21.4 Å². The highest BCUT2D eigenvalue weighted by molar-refractivity contribution is 9.10. The second kappa shape index (κ2) is 6.06. The minimum absolute atomic E-state index is 0.0452. The topological polar surface area (TPSA) is 84.8 Å². The van der Waals surface area contributed by atoms with Crippen LogP contribution in [0.2, 0.25) is 0 Å². The highest BCUT2D eigenvalue weighted by Crippen LogP contribution is 2.29. The van der Waals surface area contributed by atoms with Gasteiger partial charge < -0.3 is 0 Å².